The Morgan fingerprint density at radius 3 is 2.32 bits per heavy atom. The van der Waals surface area contributed by atoms with Crippen molar-refractivity contribution in [2.24, 2.45) is 0 Å². The highest BCUT2D eigenvalue weighted by atomic mass is 32.2. The molecule has 1 heterocycles. The lowest BCUT2D eigenvalue weighted by atomic mass is 10.1. The van der Waals surface area contributed by atoms with Crippen molar-refractivity contribution in [2.75, 3.05) is 52.9 Å². The molecule has 12 heteroatoms. The minimum atomic E-state index is -3.79. The Balaban J connectivity index is 1.39. The minimum absolute atomic E-state index is 0.00875. The fourth-order valence-electron chi connectivity index (χ4n) is 4.51. The summed E-state index contributed by atoms with van der Waals surface area (Å²) in [5.41, 5.74) is 1.07. The average Bonchev–Trinajstić information content (AvgIpc) is 2.99. The van der Waals surface area contributed by atoms with Crippen LogP contribution in [0.5, 0.6) is 5.75 Å². The Kier molecular flexibility index (Phi) is 9.82. The highest BCUT2D eigenvalue weighted by molar-refractivity contribution is 7.89. The predicted octanol–water partition coefficient (Wildman–Crippen LogP) is 3.90. The molecule has 41 heavy (non-hydrogen) atoms. The molecule has 0 unspecified atom stereocenters. The van der Waals surface area contributed by atoms with E-state index in [1.807, 2.05) is 36.4 Å². The summed E-state index contributed by atoms with van der Waals surface area (Å²) in [4.78, 5) is 27.4. The Hall–Kier alpha value is -4.13. The number of piperazine rings is 1. The van der Waals surface area contributed by atoms with Gasteiger partial charge in [0.2, 0.25) is 10.0 Å². The van der Waals surface area contributed by atoms with Crippen LogP contribution in [-0.2, 0) is 10.0 Å². The average molecular weight is 583 g/mol. The van der Waals surface area contributed by atoms with Crippen molar-refractivity contribution in [2.45, 2.75) is 4.90 Å². The first-order chi connectivity index (χ1) is 19.7. The number of nitro groups is 1. The standard InChI is InChI=1S/C29H31FN4O6S/c1-40-28-7-3-2-5-23(28)6-4-16-32(29(35)24-8-10-25(30)11-9-24)20-17-31-18-21-33(22-19-31)41(38,39)27-14-12-26(13-15-27)34(36)37/h2-15H,16-22H2,1H3/b6-4+. The third-order valence-corrected chi connectivity index (χ3v) is 8.76. The van der Waals surface area contributed by atoms with Gasteiger partial charge in [-0.05, 0) is 42.5 Å². The molecule has 1 aliphatic heterocycles. The monoisotopic (exact) mass is 582 g/mol. The van der Waals surface area contributed by atoms with Crippen LogP contribution in [0.1, 0.15) is 15.9 Å². The molecule has 1 saturated heterocycles. The first-order valence-corrected chi connectivity index (χ1v) is 14.4. The van der Waals surface area contributed by atoms with Crippen LogP contribution < -0.4 is 4.74 Å². The molecule has 1 amide bonds. The number of ether oxygens (including phenoxy) is 1. The van der Waals surface area contributed by atoms with Crippen molar-refractivity contribution < 1.29 is 27.3 Å². The Morgan fingerprint density at radius 2 is 1.68 bits per heavy atom. The fraction of sp³-hybridized carbons (Fsp3) is 0.276. The Morgan fingerprint density at radius 1 is 1.02 bits per heavy atom. The van der Waals surface area contributed by atoms with Crippen molar-refractivity contribution in [3.63, 3.8) is 0 Å². The number of hydrogen-bond acceptors (Lipinski definition) is 7. The normalized spacial score (nSPS) is 14.7. The van der Waals surface area contributed by atoms with Gasteiger partial charge in [-0.2, -0.15) is 4.31 Å². The van der Waals surface area contributed by atoms with Crippen LogP contribution in [0.15, 0.2) is 83.8 Å². The van der Waals surface area contributed by atoms with Gasteiger partial charge in [-0.3, -0.25) is 19.8 Å². The largest absolute Gasteiger partial charge is 0.496 e. The first-order valence-electron chi connectivity index (χ1n) is 13.0. The van der Waals surface area contributed by atoms with E-state index in [0.717, 1.165) is 5.56 Å². The van der Waals surface area contributed by atoms with Crippen molar-refractivity contribution >= 4 is 27.7 Å². The van der Waals surface area contributed by atoms with Gasteiger partial charge in [-0.1, -0.05) is 30.4 Å². The number of carbonyl (C=O) groups is 1. The summed E-state index contributed by atoms with van der Waals surface area (Å²) < 4.78 is 46.3. The lowest BCUT2D eigenvalue weighted by molar-refractivity contribution is -0.384. The minimum Gasteiger partial charge on any atom is -0.496 e. The molecule has 1 aliphatic rings. The maximum absolute atomic E-state index is 13.4. The molecule has 4 rings (SSSR count). The summed E-state index contributed by atoms with van der Waals surface area (Å²) in [6.45, 7) is 2.62. The summed E-state index contributed by atoms with van der Waals surface area (Å²) in [5.74, 6) is 0.0430. The molecule has 3 aromatic carbocycles. The van der Waals surface area contributed by atoms with Crippen molar-refractivity contribution in [1.82, 2.24) is 14.1 Å². The lowest BCUT2D eigenvalue weighted by Crippen LogP contribution is -2.50. The molecule has 3 aromatic rings. The van der Waals surface area contributed by atoms with Crippen molar-refractivity contribution in [3.05, 3.63) is 106 Å². The van der Waals surface area contributed by atoms with Crippen LogP contribution in [0, 0.1) is 15.9 Å². The Bertz CT molecular complexity index is 1490. The molecule has 1 fully saturated rings. The summed E-state index contributed by atoms with van der Waals surface area (Å²) in [6.07, 6.45) is 3.75. The van der Waals surface area contributed by atoms with E-state index in [1.54, 1.807) is 12.0 Å². The van der Waals surface area contributed by atoms with Gasteiger partial charge in [0.1, 0.15) is 11.6 Å². The van der Waals surface area contributed by atoms with E-state index in [-0.39, 0.29) is 29.6 Å². The van der Waals surface area contributed by atoms with Gasteiger partial charge in [-0.25, -0.2) is 12.8 Å². The van der Waals surface area contributed by atoms with Gasteiger partial charge in [0.15, 0.2) is 0 Å². The molecular weight excluding hydrogens is 551 g/mol. The number of non-ortho nitro benzene ring substituents is 1. The number of para-hydroxylation sites is 1. The highest BCUT2D eigenvalue weighted by Gasteiger charge is 2.29. The Labute approximate surface area is 238 Å². The number of nitrogens with zero attached hydrogens (tertiary/aromatic N) is 4. The third-order valence-electron chi connectivity index (χ3n) is 6.84. The molecule has 216 valence electrons. The topological polar surface area (TPSA) is 113 Å². The SMILES string of the molecule is COc1ccccc1/C=C/CN(CCN1CCN(S(=O)(=O)c2ccc([N+](=O)[O-])cc2)CC1)C(=O)c1ccc(F)cc1. The second kappa shape index (κ2) is 13.5. The van der Waals surface area contributed by atoms with E-state index >= 15 is 0 Å². The molecule has 0 spiro atoms. The van der Waals surface area contributed by atoms with Crippen LogP contribution in [0.2, 0.25) is 0 Å². The number of rotatable bonds is 11. The van der Waals surface area contributed by atoms with Gasteiger partial charge >= 0.3 is 0 Å². The number of sulfonamides is 1. The third kappa shape index (κ3) is 7.54. The number of amides is 1. The second-order valence-corrected chi connectivity index (χ2v) is 11.3. The van der Waals surface area contributed by atoms with Crippen LogP contribution in [0.3, 0.4) is 0 Å². The molecule has 0 aliphatic carbocycles. The van der Waals surface area contributed by atoms with E-state index in [2.05, 4.69) is 4.90 Å². The van der Waals surface area contributed by atoms with E-state index in [9.17, 15) is 27.7 Å². The van der Waals surface area contributed by atoms with Crippen LogP contribution in [0.4, 0.5) is 10.1 Å². The number of benzene rings is 3. The zero-order valence-corrected chi connectivity index (χ0v) is 23.4. The van der Waals surface area contributed by atoms with Crippen LogP contribution >= 0.6 is 0 Å². The van der Waals surface area contributed by atoms with Crippen LogP contribution in [0.25, 0.3) is 6.08 Å². The molecule has 0 N–H and O–H groups in total. The fourth-order valence-corrected chi connectivity index (χ4v) is 5.93. The number of hydrogen-bond donors (Lipinski definition) is 0. The molecule has 0 saturated carbocycles. The van der Waals surface area contributed by atoms with Gasteiger partial charge in [0, 0.05) is 69.1 Å². The summed E-state index contributed by atoms with van der Waals surface area (Å²) in [6, 6.07) is 17.8. The summed E-state index contributed by atoms with van der Waals surface area (Å²) in [5, 5.41) is 10.9. The smallest absolute Gasteiger partial charge is 0.269 e. The highest BCUT2D eigenvalue weighted by Crippen LogP contribution is 2.21. The number of carbonyl (C=O) groups excluding carboxylic acids is 1. The van der Waals surface area contributed by atoms with Gasteiger partial charge in [0.25, 0.3) is 11.6 Å². The zero-order valence-electron chi connectivity index (χ0n) is 22.6. The van der Waals surface area contributed by atoms with Gasteiger partial charge < -0.3 is 9.64 Å². The predicted molar refractivity (Wildman–Crippen MR) is 153 cm³/mol. The number of halogens is 1. The number of methoxy groups -OCH3 is 1. The molecule has 0 radical (unpaired) electrons. The quantitative estimate of drug-likeness (QED) is 0.249. The first kappa shape index (κ1) is 29.8. The van der Waals surface area contributed by atoms with Gasteiger partial charge in [0.05, 0.1) is 16.9 Å². The lowest BCUT2D eigenvalue weighted by Gasteiger charge is -2.35. The van der Waals surface area contributed by atoms with Crippen LogP contribution in [-0.4, -0.2) is 86.3 Å². The summed E-state index contributed by atoms with van der Waals surface area (Å²) in [7, 11) is -2.20. The molecule has 0 atom stereocenters. The molecule has 10 nitrogen and oxygen atoms in total. The second-order valence-electron chi connectivity index (χ2n) is 9.40. The van der Waals surface area contributed by atoms with E-state index < -0.39 is 20.8 Å². The molecular formula is C29H31FN4O6S. The van der Waals surface area contributed by atoms with Gasteiger partial charge in [-0.15, -0.1) is 0 Å². The summed E-state index contributed by atoms with van der Waals surface area (Å²) >= 11 is 0. The molecule has 0 aromatic heterocycles. The van der Waals surface area contributed by atoms with Crippen molar-refractivity contribution in [1.29, 1.82) is 0 Å². The zero-order chi connectivity index (χ0) is 29.4. The van der Waals surface area contributed by atoms with E-state index in [0.29, 0.717) is 44.0 Å². The van der Waals surface area contributed by atoms with E-state index in [4.69, 9.17) is 4.74 Å². The van der Waals surface area contributed by atoms with Crippen molar-refractivity contribution in [3.8, 4) is 5.75 Å². The maximum atomic E-state index is 13.4. The maximum Gasteiger partial charge on any atom is 0.269 e. The molecule has 0 bridgehead atoms. The number of nitro benzene ring substituents is 1. The van der Waals surface area contributed by atoms with E-state index in [1.165, 1.54) is 52.8 Å².